The van der Waals surface area contributed by atoms with Gasteiger partial charge >= 0.3 is 0 Å². The van der Waals surface area contributed by atoms with E-state index in [1.54, 1.807) is 11.3 Å². The van der Waals surface area contributed by atoms with E-state index < -0.39 is 0 Å². The third-order valence-corrected chi connectivity index (χ3v) is 6.20. The van der Waals surface area contributed by atoms with Crippen LogP contribution >= 0.6 is 11.3 Å². The highest BCUT2D eigenvalue weighted by Gasteiger charge is 2.25. The molecule has 0 saturated carbocycles. The van der Waals surface area contributed by atoms with Crippen LogP contribution in [0.25, 0.3) is 11.3 Å². The molecular weight excluding hydrogens is 396 g/mol. The molecule has 7 heteroatoms. The first kappa shape index (κ1) is 20.6. The average molecular weight is 425 g/mol. The topological polar surface area (TPSA) is 79.0 Å². The lowest BCUT2D eigenvalue weighted by Crippen LogP contribution is -2.21. The van der Waals surface area contributed by atoms with Crippen LogP contribution in [-0.4, -0.2) is 35.6 Å². The summed E-state index contributed by atoms with van der Waals surface area (Å²) >= 11 is 1.73. The maximum absolute atomic E-state index is 13.0. The van der Waals surface area contributed by atoms with Crippen LogP contribution in [0.4, 0.5) is 5.69 Å². The molecule has 3 aromatic rings. The molecule has 1 amide bonds. The first-order valence-corrected chi connectivity index (χ1v) is 11.4. The number of benzene rings is 1. The number of nitrogens with one attached hydrogen (secondary N) is 3. The van der Waals surface area contributed by atoms with Crippen LogP contribution in [0, 0.1) is 6.92 Å². The van der Waals surface area contributed by atoms with Gasteiger partial charge in [-0.2, -0.15) is 0 Å². The smallest absolute Gasteiger partial charge is 0.257 e. The number of fused-ring (bicyclic) bond motifs is 3. The molecule has 4 rings (SSSR count). The number of carbonyl (C=O) groups excluding carboxylic acids is 1. The van der Waals surface area contributed by atoms with Gasteiger partial charge < -0.3 is 20.4 Å². The van der Waals surface area contributed by atoms with E-state index in [9.17, 15) is 4.79 Å². The molecule has 2 aromatic heterocycles. The Bertz CT molecular complexity index is 1010. The molecule has 0 spiro atoms. The number of amides is 1. The van der Waals surface area contributed by atoms with Crippen LogP contribution in [0.2, 0.25) is 0 Å². The number of carbonyl (C=O) groups is 1. The molecule has 2 heterocycles. The molecule has 0 bridgehead atoms. The zero-order valence-corrected chi connectivity index (χ0v) is 18.3. The van der Waals surface area contributed by atoms with Crippen molar-refractivity contribution in [3.63, 3.8) is 0 Å². The molecule has 0 atom stereocenters. The fourth-order valence-electron chi connectivity index (χ4n) is 3.75. The van der Waals surface area contributed by atoms with Gasteiger partial charge in [0.1, 0.15) is 12.4 Å². The summed E-state index contributed by atoms with van der Waals surface area (Å²) in [6, 6.07) is 7.51. The molecular formula is C23H28N4O2S. The van der Waals surface area contributed by atoms with Gasteiger partial charge in [-0.3, -0.25) is 4.79 Å². The number of nitrogens with zero attached hydrogens (tertiary/aromatic N) is 1. The summed E-state index contributed by atoms with van der Waals surface area (Å²) < 4.78 is 5.73. The van der Waals surface area contributed by atoms with Gasteiger partial charge in [0.05, 0.1) is 16.3 Å². The van der Waals surface area contributed by atoms with Crippen molar-refractivity contribution in [2.45, 2.75) is 39.5 Å². The van der Waals surface area contributed by atoms with Crippen LogP contribution in [0.3, 0.4) is 0 Å². The van der Waals surface area contributed by atoms with Crippen molar-refractivity contribution in [1.82, 2.24) is 15.3 Å². The number of ether oxygens (including phenoxy) is 1. The molecule has 30 heavy (non-hydrogen) atoms. The zero-order valence-electron chi connectivity index (χ0n) is 17.5. The monoisotopic (exact) mass is 424 g/mol. The molecule has 1 aromatic carbocycles. The molecule has 0 saturated heterocycles. The van der Waals surface area contributed by atoms with Gasteiger partial charge in [-0.25, -0.2) is 4.98 Å². The second kappa shape index (κ2) is 9.45. The van der Waals surface area contributed by atoms with Crippen LogP contribution < -0.4 is 15.4 Å². The number of hydrogen-bond donors (Lipinski definition) is 3. The van der Waals surface area contributed by atoms with Crippen LogP contribution in [-0.2, 0) is 12.8 Å². The van der Waals surface area contributed by atoms with E-state index in [4.69, 9.17) is 9.72 Å². The maximum Gasteiger partial charge on any atom is 0.257 e. The van der Waals surface area contributed by atoms with Gasteiger partial charge in [0, 0.05) is 34.6 Å². The Morgan fingerprint density at radius 2 is 2.07 bits per heavy atom. The number of thiazole rings is 1. The third-order valence-electron chi connectivity index (χ3n) is 5.16. The standard InChI is InChI=1S/C23H28N4O2S/c1-3-11-24-12-13-29-17-9-7-16(8-10-17)27-23(28)18-14-25-19-5-4-6-20-22(21(18)19)26-15(2)30-20/h7-10,14,24-25H,3-6,11-13H2,1-2H3,(H,27,28). The molecule has 158 valence electrons. The van der Waals surface area contributed by atoms with Gasteiger partial charge in [0.15, 0.2) is 0 Å². The first-order chi connectivity index (χ1) is 14.7. The van der Waals surface area contributed by atoms with Crippen molar-refractivity contribution in [1.29, 1.82) is 0 Å². The minimum atomic E-state index is -0.122. The zero-order chi connectivity index (χ0) is 20.9. The second-order valence-corrected chi connectivity index (χ2v) is 8.78. The van der Waals surface area contributed by atoms with Gasteiger partial charge in [0.2, 0.25) is 0 Å². The van der Waals surface area contributed by atoms with Crippen molar-refractivity contribution < 1.29 is 9.53 Å². The molecule has 3 N–H and O–H groups in total. The number of hydrogen-bond acceptors (Lipinski definition) is 5. The highest BCUT2D eigenvalue weighted by Crippen LogP contribution is 2.37. The fraction of sp³-hybridized carbons (Fsp3) is 0.391. The summed E-state index contributed by atoms with van der Waals surface area (Å²) in [6.45, 7) is 6.61. The highest BCUT2D eigenvalue weighted by atomic mass is 32.1. The molecule has 1 aliphatic carbocycles. The van der Waals surface area contributed by atoms with Crippen molar-refractivity contribution in [3.8, 4) is 17.0 Å². The summed E-state index contributed by atoms with van der Waals surface area (Å²) in [6.07, 6.45) is 5.94. The second-order valence-electron chi connectivity index (χ2n) is 7.49. The Morgan fingerprint density at radius 3 is 2.87 bits per heavy atom. The van der Waals surface area contributed by atoms with Crippen molar-refractivity contribution in [3.05, 3.63) is 51.6 Å². The molecule has 6 nitrogen and oxygen atoms in total. The predicted molar refractivity (Wildman–Crippen MR) is 122 cm³/mol. The number of aromatic nitrogens is 2. The Hall–Kier alpha value is -2.64. The van der Waals surface area contributed by atoms with Crippen LogP contribution in [0.15, 0.2) is 30.5 Å². The summed E-state index contributed by atoms with van der Waals surface area (Å²) in [5.41, 5.74) is 4.43. The van der Waals surface area contributed by atoms with E-state index in [0.717, 1.165) is 72.2 Å². The molecule has 0 aliphatic heterocycles. The number of anilines is 1. The minimum Gasteiger partial charge on any atom is -0.492 e. The predicted octanol–water partition coefficient (Wildman–Crippen LogP) is 4.57. The lowest BCUT2D eigenvalue weighted by molar-refractivity contribution is 0.102. The van der Waals surface area contributed by atoms with Gasteiger partial charge in [-0.1, -0.05) is 6.92 Å². The van der Waals surface area contributed by atoms with Gasteiger partial charge in [-0.05, 0) is 63.4 Å². The van der Waals surface area contributed by atoms with E-state index in [1.165, 1.54) is 4.88 Å². The minimum absolute atomic E-state index is 0.122. The number of aromatic amines is 1. The lowest BCUT2D eigenvalue weighted by atomic mass is 10.1. The Labute approximate surface area is 181 Å². The maximum atomic E-state index is 13.0. The molecule has 0 unspecified atom stereocenters. The summed E-state index contributed by atoms with van der Waals surface area (Å²) in [5.74, 6) is 0.674. The summed E-state index contributed by atoms with van der Waals surface area (Å²) in [4.78, 5) is 22.3. The highest BCUT2D eigenvalue weighted by molar-refractivity contribution is 7.12. The number of rotatable bonds is 8. The Balaban J connectivity index is 1.44. The van der Waals surface area contributed by atoms with Crippen LogP contribution in [0.1, 0.15) is 45.7 Å². The van der Waals surface area contributed by atoms with E-state index >= 15 is 0 Å². The number of aryl methyl sites for hydroxylation is 3. The molecule has 0 radical (unpaired) electrons. The largest absolute Gasteiger partial charge is 0.492 e. The summed E-state index contributed by atoms with van der Waals surface area (Å²) in [7, 11) is 0. The third kappa shape index (κ3) is 4.57. The average Bonchev–Trinajstić information content (AvgIpc) is 3.28. The van der Waals surface area contributed by atoms with E-state index in [0.29, 0.717) is 12.2 Å². The Kier molecular flexibility index (Phi) is 6.50. The Morgan fingerprint density at radius 1 is 1.23 bits per heavy atom. The SMILES string of the molecule is CCCNCCOc1ccc(NC(=O)c2c[nH]c3c2-c2nc(C)sc2CCC3)cc1. The molecule has 1 aliphatic rings. The number of H-pyrrole nitrogens is 1. The molecule has 0 fully saturated rings. The quantitative estimate of drug-likeness (QED) is 0.463. The lowest BCUT2D eigenvalue weighted by Gasteiger charge is -2.09. The van der Waals surface area contributed by atoms with Crippen LogP contribution in [0.5, 0.6) is 5.75 Å². The van der Waals surface area contributed by atoms with E-state index in [1.807, 2.05) is 37.4 Å². The first-order valence-electron chi connectivity index (χ1n) is 10.6. The van der Waals surface area contributed by atoms with E-state index in [-0.39, 0.29) is 5.91 Å². The van der Waals surface area contributed by atoms with Gasteiger partial charge in [-0.15, -0.1) is 11.3 Å². The van der Waals surface area contributed by atoms with Crippen molar-refractivity contribution in [2.24, 2.45) is 0 Å². The summed E-state index contributed by atoms with van der Waals surface area (Å²) in [5, 5.41) is 7.36. The van der Waals surface area contributed by atoms with Gasteiger partial charge in [0.25, 0.3) is 5.91 Å². The fourth-order valence-corrected chi connectivity index (χ4v) is 4.73. The van der Waals surface area contributed by atoms with Crippen molar-refractivity contribution >= 4 is 22.9 Å². The van der Waals surface area contributed by atoms with E-state index in [2.05, 4.69) is 22.5 Å². The normalized spacial score (nSPS) is 12.7. The van der Waals surface area contributed by atoms with Crippen molar-refractivity contribution in [2.75, 3.05) is 25.0 Å².